The zero-order chi connectivity index (χ0) is 19.4. The van der Waals surface area contributed by atoms with Crippen LogP contribution in [0.15, 0.2) is 30.3 Å². The van der Waals surface area contributed by atoms with E-state index in [4.69, 9.17) is 16.3 Å². The molecule has 1 fully saturated rings. The molecular weight excluding hydrogens is 364 g/mol. The van der Waals surface area contributed by atoms with Gasteiger partial charge in [0.05, 0.1) is 6.54 Å². The van der Waals surface area contributed by atoms with Crippen molar-refractivity contribution in [1.29, 1.82) is 0 Å². The van der Waals surface area contributed by atoms with Crippen LogP contribution in [0.2, 0.25) is 5.02 Å². The number of nitrogens with zero attached hydrogens (tertiary/aromatic N) is 3. The van der Waals surface area contributed by atoms with Gasteiger partial charge in [0.25, 0.3) is 5.91 Å². The summed E-state index contributed by atoms with van der Waals surface area (Å²) in [5, 5.41) is 3.50. The normalized spacial score (nSPS) is 14.3. The van der Waals surface area contributed by atoms with Crippen LogP contribution in [-0.2, 0) is 11.3 Å². The van der Waals surface area contributed by atoms with E-state index in [1.807, 2.05) is 13.0 Å². The minimum Gasteiger partial charge on any atom is -0.478 e. The third-order valence-corrected chi connectivity index (χ3v) is 4.71. The summed E-state index contributed by atoms with van der Waals surface area (Å²) in [6.45, 7) is 7.69. The topological polar surface area (TPSA) is 67.4 Å². The Bertz CT molecular complexity index is 802. The average Bonchev–Trinajstić information content (AvgIpc) is 3.16. The molecule has 27 heavy (non-hydrogen) atoms. The first-order valence-corrected chi connectivity index (χ1v) is 9.54. The fraction of sp³-hybridized carbons (Fsp3) is 0.450. The van der Waals surface area contributed by atoms with Gasteiger partial charge in [0, 0.05) is 29.9 Å². The summed E-state index contributed by atoms with van der Waals surface area (Å²) in [7, 11) is 0. The number of aryl methyl sites for hydroxylation is 1. The van der Waals surface area contributed by atoms with Gasteiger partial charge in [-0.15, -0.1) is 0 Å². The molecule has 0 aliphatic carbocycles. The van der Waals surface area contributed by atoms with Crippen molar-refractivity contribution in [3.63, 3.8) is 0 Å². The highest BCUT2D eigenvalue weighted by atomic mass is 35.5. The molecule has 0 atom stereocenters. The summed E-state index contributed by atoms with van der Waals surface area (Å²) in [5.41, 5.74) is -0.136. The van der Waals surface area contributed by atoms with Crippen molar-refractivity contribution in [1.82, 2.24) is 15.3 Å². The van der Waals surface area contributed by atoms with Gasteiger partial charge >= 0.3 is 0 Å². The molecule has 0 spiro atoms. The van der Waals surface area contributed by atoms with Gasteiger partial charge in [-0.05, 0) is 57.9 Å². The lowest BCUT2D eigenvalue weighted by Gasteiger charge is -2.25. The average molecular weight is 389 g/mol. The van der Waals surface area contributed by atoms with Crippen LogP contribution in [0.5, 0.6) is 5.75 Å². The summed E-state index contributed by atoms with van der Waals surface area (Å²) in [5.74, 6) is 1.89. The molecule has 1 aliphatic heterocycles. The molecule has 2 heterocycles. The van der Waals surface area contributed by atoms with Gasteiger partial charge in [-0.1, -0.05) is 11.6 Å². The molecule has 1 aromatic carbocycles. The molecule has 0 bridgehead atoms. The molecule has 144 valence electrons. The quantitative estimate of drug-likeness (QED) is 0.820. The van der Waals surface area contributed by atoms with Crippen LogP contribution in [0.1, 0.15) is 38.2 Å². The minimum atomic E-state index is -1.03. The van der Waals surface area contributed by atoms with Gasteiger partial charge in [0.15, 0.2) is 5.60 Å². The number of carbonyl (C=O) groups excluding carboxylic acids is 1. The van der Waals surface area contributed by atoms with Crippen LogP contribution >= 0.6 is 11.6 Å². The first-order chi connectivity index (χ1) is 12.8. The molecule has 0 unspecified atom stereocenters. The summed E-state index contributed by atoms with van der Waals surface area (Å²) in [6, 6.07) is 8.92. The molecule has 0 saturated carbocycles. The first-order valence-electron chi connectivity index (χ1n) is 9.16. The molecule has 3 rings (SSSR count). The number of benzene rings is 1. The highest BCUT2D eigenvalue weighted by Gasteiger charge is 2.30. The van der Waals surface area contributed by atoms with Crippen LogP contribution in [0.25, 0.3) is 0 Å². The van der Waals surface area contributed by atoms with Crippen molar-refractivity contribution >= 4 is 23.3 Å². The van der Waals surface area contributed by atoms with Crippen LogP contribution in [0, 0.1) is 6.92 Å². The Balaban J connectivity index is 1.63. The van der Waals surface area contributed by atoms with E-state index < -0.39 is 5.60 Å². The molecule has 2 aromatic rings. The Hall–Kier alpha value is -2.34. The fourth-order valence-corrected chi connectivity index (χ4v) is 3.14. The van der Waals surface area contributed by atoms with Gasteiger partial charge in [-0.25, -0.2) is 9.97 Å². The second-order valence-corrected chi connectivity index (χ2v) is 7.66. The zero-order valence-electron chi connectivity index (χ0n) is 16.0. The maximum atomic E-state index is 12.6. The largest absolute Gasteiger partial charge is 0.478 e. The van der Waals surface area contributed by atoms with Crippen LogP contribution in [-0.4, -0.2) is 34.6 Å². The van der Waals surface area contributed by atoms with E-state index in [0.29, 0.717) is 16.6 Å². The van der Waals surface area contributed by atoms with Crippen LogP contribution in [0.4, 0.5) is 5.82 Å². The molecule has 1 aromatic heterocycles. The van der Waals surface area contributed by atoms with E-state index in [0.717, 1.165) is 24.6 Å². The number of carbonyl (C=O) groups is 1. The number of hydrogen-bond acceptors (Lipinski definition) is 5. The fourth-order valence-electron chi connectivity index (χ4n) is 3.02. The molecule has 1 saturated heterocycles. The summed E-state index contributed by atoms with van der Waals surface area (Å²) in [4.78, 5) is 23.9. The standard InChI is InChI=1S/C20H25ClN4O2/c1-14-12-18(25-10-4-5-11-25)24-17(23-14)13-22-19(26)20(2,3)27-16-8-6-15(21)7-9-16/h6-9,12H,4-5,10-11,13H2,1-3H3,(H,22,26). The predicted octanol–water partition coefficient (Wildman–Crippen LogP) is 3.51. The van der Waals surface area contributed by atoms with Gasteiger partial charge in [0.2, 0.25) is 0 Å². The summed E-state index contributed by atoms with van der Waals surface area (Å²) < 4.78 is 5.82. The Morgan fingerprint density at radius 1 is 1.22 bits per heavy atom. The first kappa shape index (κ1) is 19.4. The summed E-state index contributed by atoms with van der Waals surface area (Å²) >= 11 is 5.88. The predicted molar refractivity (Wildman–Crippen MR) is 106 cm³/mol. The number of halogens is 1. The van der Waals surface area contributed by atoms with Gasteiger partial charge in [-0.2, -0.15) is 0 Å². The molecule has 7 heteroatoms. The number of aromatic nitrogens is 2. The van der Waals surface area contributed by atoms with Crippen LogP contribution in [0.3, 0.4) is 0 Å². The minimum absolute atomic E-state index is 0.231. The van der Waals surface area contributed by atoms with Crippen molar-refractivity contribution in [2.45, 2.75) is 45.8 Å². The smallest absolute Gasteiger partial charge is 0.263 e. The molecule has 0 radical (unpaired) electrons. The third-order valence-electron chi connectivity index (χ3n) is 4.46. The maximum absolute atomic E-state index is 12.6. The van der Waals surface area contributed by atoms with Crippen LogP contribution < -0.4 is 15.0 Å². The van der Waals surface area contributed by atoms with Gasteiger partial charge < -0.3 is 15.0 Å². The number of amides is 1. The second-order valence-electron chi connectivity index (χ2n) is 7.23. The van der Waals surface area contributed by atoms with Crippen molar-refractivity contribution in [2.24, 2.45) is 0 Å². The summed E-state index contributed by atoms with van der Waals surface area (Å²) in [6.07, 6.45) is 2.37. The molecule has 1 N–H and O–H groups in total. The maximum Gasteiger partial charge on any atom is 0.263 e. The van der Waals surface area contributed by atoms with Crippen molar-refractivity contribution in [3.05, 3.63) is 46.9 Å². The highest BCUT2D eigenvalue weighted by molar-refractivity contribution is 6.30. The van der Waals surface area contributed by atoms with Crippen molar-refractivity contribution in [3.8, 4) is 5.75 Å². The number of nitrogens with one attached hydrogen (secondary N) is 1. The van der Waals surface area contributed by atoms with E-state index in [9.17, 15) is 4.79 Å². The van der Waals surface area contributed by atoms with E-state index in [1.54, 1.807) is 38.1 Å². The molecular formula is C20H25ClN4O2. The SMILES string of the molecule is Cc1cc(N2CCCC2)nc(CNC(=O)C(C)(C)Oc2ccc(Cl)cc2)n1. The number of rotatable bonds is 6. The lowest BCUT2D eigenvalue weighted by molar-refractivity contribution is -0.134. The second kappa shape index (κ2) is 8.13. The van der Waals surface area contributed by atoms with E-state index in [2.05, 4.69) is 20.2 Å². The lowest BCUT2D eigenvalue weighted by Crippen LogP contribution is -2.46. The zero-order valence-corrected chi connectivity index (χ0v) is 16.7. The lowest BCUT2D eigenvalue weighted by atomic mass is 10.1. The Kier molecular flexibility index (Phi) is 5.85. The monoisotopic (exact) mass is 388 g/mol. The van der Waals surface area contributed by atoms with E-state index in [-0.39, 0.29) is 12.5 Å². The van der Waals surface area contributed by atoms with Gasteiger partial charge in [0.1, 0.15) is 17.4 Å². The molecule has 1 amide bonds. The number of anilines is 1. The molecule has 1 aliphatic rings. The highest BCUT2D eigenvalue weighted by Crippen LogP contribution is 2.21. The van der Waals surface area contributed by atoms with E-state index in [1.165, 1.54) is 12.8 Å². The van der Waals surface area contributed by atoms with Crippen molar-refractivity contribution in [2.75, 3.05) is 18.0 Å². The number of ether oxygens (including phenoxy) is 1. The Morgan fingerprint density at radius 2 is 1.89 bits per heavy atom. The van der Waals surface area contributed by atoms with Gasteiger partial charge in [-0.3, -0.25) is 4.79 Å². The molecule has 6 nitrogen and oxygen atoms in total. The third kappa shape index (κ3) is 5.10. The van der Waals surface area contributed by atoms with Crippen molar-refractivity contribution < 1.29 is 9.53 Å². The number of hydrogen-bond donors (Lipinski definition) is 1. The van der Waals surface area contributed by atoms with E-state index >= 15 is 0 Å². The Labute approximate surface area is 164 Å². The Morgan fingerprint density at radius 3 is 2.56 bits per heavy atom.